The third-order valence-electron chi connectivity index (χ3n) is 2.77. The predicted molar refractivity (Wildman–Crippen MR) is 71.8 cm³/mol. The lowest BCUT2D eigenvalue weighted by molar-refractivity contribution is -0.121. The summed E-state index contributed by atoms with van der Waals surface area (Å²) >= 11 is 0. The molecule has 0 saturated carbocycles. The Morgan fingerprint density at radius 1 is 1.28 bits per heavy atom. The molecule has 1 N–H and O–H groups in total. The van der Waals surface area contributed by atoms with Gasteiger partial charge in [0.1, 0.15) is 0 Å². The molecule has 0 fully saturated rings. The molecule has 96 valence electrons. The van der Waals surface area contributed by atoms with Gasteiger partial charge in [-0.3, -0.25) is 4.79 Å². The summed E-state index contributed by atoms with van der Waals surface area (Å²) in [7, 11) is 0. The van der Waals surface area contributed by atoms with Crippen LogP contribution in [0.3, 0.4) is 0 Å². The van der Waals surface area contributed by atoms with Crippen LogP contribution in [-0.4, -0.2) is 5.91 Å². The average Bonchev–Trinajstić information content (AvgIpc) is 2.33. The number of carbonyl (C=O) groups is 1. The van der Waals surface area contributed by atoms with Gasteiger partial charge in [0.2, 0.25) is 5.91 Å². The van der Waals surface area contributed by atoms with Crippen molar-refractivity contribution in [2.75, 3.05) is 0 Å². The number of amides is 1. The predicted octanol–water partition coefficient (Wildman–Crippen LogP) is 2.90. The van der Waals surface area contributed by atoms with Crippen LogP contribution < -0.4 is 5.32 Å². The fourth-order valence-corrected chi connectivity index (χ4v) is 1.58. The standard InChI is InChI=1S/C15H20N2O/c1-15(2,3)13-8-6-12(7-9-13)11-17-14(18)5-4-10-16/h6-9H,4-5,11H2,1-3H3,(H,17,18). The molecular formula is C15H20N2O. The number of nitrogens with one attached hydrogen (secondary N) is 1. The van der Waals surface area contributed by atoms with Crippen molar-refractivity contribution in [3.63, 3.8) is 0 Å². The van der Waals surface area contributed by atoms with Crippen LogP contribution in [0.5, 0.6) is 0 Å². The first-order valence-electron chi connectivity index (χ1n) is 6.16. The molecule has 18 heavy (non-hydrogen) atoms. The van der Waals surface area contributed by atoms with E-state index in [0.29, 0.717) is 6.54 Å². The zero-order chi connectivity index (χ0) is 13.6. The molecule has 0 aliphatic heterocycles. The lowest BCUT2D eigenvalue weighted by atomic mass is 9.87. The molecular weight excluding hydrogens is 224 g/mol. The Kier molecular flexibility index (Phi) is 4.91. The van der Waals surface area contributed by atoms with Gasteiger partial charge in [-0.15, -0.1) is 0 Å². The van der Waals surface area contributed by atoms with E-state index in [-0.39, 0.29) is 24.2 Å². The summed E-state index contributed by atoms with van der Waals surface area (Å²) in [5, 5.41) is 11.2. The number of hydrogen-bond acceptors (Lipinski definition) is 2. The van der Waals surface area contributed by atoms with Gasteiger partial charge in [-0.1, -0.05) is 45.0 Å². The number of nitrogens with zero attached hydrogens (tertiary/aromatic N) is 1. The van der Waals surface area contributed by atoms with E-state index in [9.17, 15) is 4.79 Å². The highest BCUT2D eigenvalue weighted by atomic mass is 16.1. The summed E-state index contributed by atoms with van der Waals surface area (Å²) < 4.78 is 0. The summed E-state index contributed by atoms with van der Waals surface area (Å²) in [6.45, 7) is 7.04. The van der Waals surface area contributed by atoms with Gasteiger partial charge in [-0.05, 0) is 16.5 Å². The molecule has 3 heteroatoms. The van der Waals surface area contributed by atoms with Gasteiger partial charge in [-0.2, -0.15) is 5.26 Å². The third-order valence-corrected chi connectivity index (χ3v) is 2.77. The van der Waals surface area contributed by atoms with Gasteiger partial charge >= 0.3 is 0 Å². The summed E-state index contributed by atoms with van der Waals surface area (Å²) in [6, 6.07) is 10.2. The summed E-state index contributed by atoms with van der Waals surface area (Å²) in [4.78, 5) is 11.3. The molecule has 0 radical (unpaired) electrons. The Morgan fingerprint density at radius 3 is 2.39 bits per heavy atom. The van der Waals surface area contributed by atoms with Crippen LogP contribution in [0.1, 0.15) is 44.7 Å². The third kappa shape index (κ3) is 4.58. The van der Waals surface area contributed by atoms with Gasteiger partial charge in [0.15, 0.2) is 0 Å². The minimum atomic E-state index is -0.0727. The van der Waals surface area contributed by atoms with Crippen molar-refractivity contribution < 1.29 is 4.79 Å². The van der Waals surface area contributed by atoms with Crippen molar-refractivity contribution in [3.8, 4) is 6.07 Å². The second kappa shape index (κ2) is 6.20. The molecule has 0 unspecified atom stereocenters. The maximum absolute atomic E-state index is 11.3. The first-order chi connectivity index (χ1) is 8.43. The van der Waals surface area contributed by atoms with Gasteiger partial charge in [0.25, 0.3) is 0 Å². The van der Waals surface area contributed by atoms with Crippen molar-refractivity contribution in [3.05, 3.63) is 35.4 Å². The number of benzene rings is 1. The van der Waals surface area contributed by atoms with E-state index in [1.54, 1.807) is 0 Å². The zero-order valence-corrected chi connectivity index (χ0v) is 11.3. The van der Waals surface area contributed by atoms with Crippen LogP contribution in [0, 0.1) is 11.3 Å². The normalized spacial score (nSPS) is 10.8. The quantitative estimate of drug-likeness (QED) is 0.885. The molecule has 0 saturated heterocycles. The lowest BCUT2D eigenvalue weighted by Crippen LogP contribution is -2.22. The molecule has 1 aromatic rings. The number of rotatable bonds is 4. The van der Waals surface area contributed by atoms with E-state index in [4.69, 9.17) is 5.26 Å². The van der Waals surface area contributed by atoms with Gasteiger partial charge in [0, 0.05) is 19.4 Å². The molecule has 0 aliphatic carbocycles. The molecule has 0 aromatic heterocycles. The summed E-state index contributed by atoms with van der Waals surface area (Å²) in [6.07, 6.45) is 0.547. The van der Waals surface area contributed by atoms with Gasteiger partial charge in [0.05, 0.1) is 6.07 Å². The zero-order valence-electron chi connectivity index (χ0n) is 11.3. The number of carbonyl (C=O) groups excluding carboxylic acids is 1. The molecule has 0 heterocycles. The Hall–Kier alpha value is -1.82. The molecule has 1 amide bonds. The van der Waals surface area contributed by atoms with Crippen LogP contribution in [0.4, 0.5) is 0 Å². The molecule has 0 spiro atoms. The van der Waals surface area contributed by atoms with E-state index in [2.05, 4.69) is 38.2 Å². The van der Waals surface area contributed by atoms with Crippen LogP contribution in [0.25, 0.3) is 0 Å². The highest BCUT2D eigenvalue weighted by Gasteiger charge is 2.12. The maximum atomic E-state index is 11.3. The fourth-order valence-electron chi connectivity index (χ4n) is 1.58. The molecule has 1 rings (SSSR count). The van der Waals surface area contributed by atoms with Crippen molar-refractivity contribution in [1.82, 2.24) is 5.32 Å². The summed E-state index contributed by atoms with van der Waals surface area (Å²) in [5.74, 6) is -0.0727. The Balaban J connectivity index is 2.50. The first-order valence-corrected chi connectivity index (χ1v) is 6.16. The average molecular weight is 244 g/mol. The van der Waals surface area contributed by atoms with Gasteiger partial charge in [-0.25, -0.2) is 0 Å². The van der Waals surface area contributed by atoms with Crippen molar-refractivity contribution >= 4 is 5.91 Å². The second-order valence-electron chi connectivity index (χ2n) is 5.38. The molecule has 0 atom stereocenters. The monoisotopic (exact) mass is 244 g/mol. The smallest absolute Gasteiger partial charge is 0.221 e. The molecule has 0 aliphatic rings. The largest absolute Gasteiger partial charge is 0.352 e. The topological polar surface area (TPSA) is 52.9 Å². The first kappa shape index (κ1) is 14.2. The lowest BCUT2D eigenvalue weighted by Gasteiger charge is -2.19. The minimum absolute atomic E-state index is 0.0727. The van der Waals surface area contributed by atoms with Crippen LogP contribution in [0.2, 0.25) is 0 Å². The highest BCUT2D eigenvalue weighted by Crippen LogP contribution is 2.22. The van der Waals surface area contributed by atoms with Crippen molar-refractivity contribution in [2.24, 2.45) is 0 Å². The number of nitriles is 1. The van der Waals surface area contributed by atoms with E-state index in [0.717, 1.165) is 5.56 Å². The van der Waals surface area contributed by atoms with Crippen molar-refractivity contribution in [1.29, 1.82) is 5.26 Å². The van der Waals surface area contributed by atoms with E-state index in [1.807, 2.05) is 18.2 Å². The second-order valence-corrected chi connectivity index (χ2v) is 5.38. The highest BCUT2D eigenvalue weighted by molar-refractivity contribution is 5.76. The van der Waals surface area contributed by atoms with E-state index >= 15 is 0 Å². The van der Waals surface area contributed by atoms with Crippen LogP contribution in [-0.2, 0) is 16.8 Å². The molecule has 3 nitrogen and oxygen atoms in total. The van der Waals surface area contributed by atoms with Crippen LogP contribution in [0.15, 0.2) is 24.3 Å². The fraction of sp³-hybridized carbons (Fsp3) is 0.467. The van der Waals surface area contributed by atoms with Crippen LogP contribution >= 0.6 is 0 Å². The SMILES string of the molecule is CC(C)(C)c1ccc(CNC(=O)CCC#N)cc1. The minimum Gasteiger partial charge on any atom is -0.352 e. The number of hydrogen-bond donors (Lipinski definition) is 1. The Morgan fingerprint density at radius 2 is 1.89 bits per heavy atom. The van der Waals surface area contributed by atoms with Gasteiger partial charge < -0.3 is 5.32 Å². The maximum Gasteiger partial charge on any atom is 0.221 e. The Labute approximate surface area is 109 Å². The van der Waals surface area contributed by atoms with Crippen molar-refractivity contribution in [2.45, 2.75) is 45.6 Å². The summed E-state index contributed by atoms with van der Waals surface area (Å²) in [5.41, 5.74) is 2.50. The molecule has 1 aromatic carbocycles. The Bertz CT molecular complexity index is 435. The molecule has 0 bridgehead atoms. The van der Waals surface area contributed by atoms with E-state index in [1.165, 1.54) is 5.56 Å². The van der Waals surface area contributed by atoms with E-state index < -0.39 is 0 Å².